The summed E-state index contributed by atoms with van der Waals surface area (Å²) in [4.78, 5) is 14.1. The average molecular weight is 253 g/mol. The van der Waals surface area contributed by atoms with Crippen LogP contribution in [0.4, 0.5) is 5.69 Å². The Labute approximate surface area is 108 Å². The van der Waals surface area contributed by atoms with Crippen molar-refractivity contribution in [2.75, 3.05) is 25.4 Å². The third-order valence-corrected chi connectivity index (χ3v) is 2.90. The van der Waals surface area contributed by atoms with Crippen LogP contribution in [0.25, 0.3) is 0 Å². The summed E-state index contributed by atoms with van der Waals surface area (Å²) in [5.74, 6) is -0.0312. The van der Waals surface area contributed by atoms with Crippen LogP contribution in [0.15, 0.2) is 12.3 Å². The number of amides is 1. The molecule has 0 aliphatic heterocycles. The fourth-order valence-corrected chi connectivity index (χ4v) is 1.93. The van der Waals surface area contributed by atoms with E-state index in [1.807, 2.05) is 25.3 Å². The van der Waals surface area contributed by atoms with Crippen LogP contribution in [0.2, 0.25) is 0 Å². The van der Waals surface area contributed by atoms with Gasteiger partial charge in [-0.05, 0) is 33.3 Å². The van der Waals surface area contributed by atoms with E-state index in [0.717, 1.165) is 0 Å². The number of aliphatic hydroxyl groups is 1. The molecule has 1 rings (SSSR count). The maximum Gasteiger partial charge on any atom is 0.270 e. The SMILES string of the molecule is CCN(CCCO)C(=O)c1cc(N)cn1C(C)C. The number of anilines is 1. The quantitative estimate of drug-likeness (QED) is 0.807. The van der Waals surface area contributed by atoms with Gasteiger partial charge in [0.25, 0.3) is 5.91 Å². The zero-order chi connectivity index (χ0) is 13.7. The first-order chi connectivity index (χ1) is 8.51. The number of nitrogens with zero attached hydrogens (tertiary/aromatic N) is 2. The van der Waals surface area contributed by atoms with Gasteiger partial charge in [0, 0.05) is 31.9 Å². The number of hydrogen-bond donors (Lipinski definition) is 2. The molecule has 3 N–H and O–H groups in total. The van der Waals surface area contributed by atoms with Gasteiger partial charge < -0.3 is 20.3 Å². The van der Waals surface area contributed by atoms with Crippen molar-refractivity contribution in [1.82, 2.24) is 9.47 Å². The predicted octanol–water partition coefficient (Wildman–Crippen LogP) is 1.50. The van der Waals surface area contributed by atoms with Gasteiger partial charge in [0.05, 0.1) is 5.69 Å². The normalized spacial score (nSPS) is 10.9. The van der Waals surface area contributed by atoms with Crippen molar-refractivity contribution in [3.63, 3.8) is 0 Å². The lowest BCUT2D eigenvalue weighted by Gasteiger charge is -2.22. The fourth-order valence-electron chi connectivity index (χ4n) is 1.93. The summed E-state index contributed by atoms with van der Waals surface area (Å²) < 4.78 is 1.89. The number of rotatable bonds is 6. The third kappa shape index (κ3) is 3.26. The van der Waals surface area contributed by atoms with Crippen LogP contribution in [-0.4, -0.2) is 40.2 Å². The minimum absolute atomic E-state index is 0.0312. The number of aliphatic hydroxyl groups excluding tert-OH is 1. The van der Waals surface area contributed by atoms with Crippen molar-refractivity contribution in [3.8, 4) is 0 Å². The zero-order valence-electron chi connectivity index (χ0n) is 11.4. The second-order valence-electron chi connectivity index (χ2n) is 4.62. The molecule has 0 saturated heterocycles. The molecule has 0 unspecified atom stereocenters. The fraction of sp³-hybridized carbons (Fsp3) is 0.615. The molecule has 0 bridgehead atoms. The topological polar surface area (TPSA) is 71.5 Å². The Balaban J connectivity index is 2.94. The van der Waals surface area contributed by atoms with Crippen LogP contribution >= 0.6 is 0 Å². The van der Waals surface area contributed by atoms with E-state index in [4.69, 9.17) is 10.8 Å². The van der Waals surface area contributed by atoms with Crippen LogP contribution in [0, 0.1) is 0 Å². The maximum atomic E-state index is 12.4. The van der Waals surface area contributed by atoms with Crippen LogP contribution < -0.4 is 5.73 Å². The number of carbonyl (C=O) groups excluding carboxylic acids is 1. The Bertz CT molecular complexity index is 399. The minimum Gasteiger partial charge on any atom is -0.397 e. The summed E-state index contributed by atoms with van der Waals surface area (Å²) in [5.41, 5.74) is 6.98. The Morgan fingerprint density at radius 1 is 1.56 bits per heavy atom. The van der Waals surface area contributed by atoms with Gasteiger partial charge >= 0.3 is 0 Å². The second kappa shape index (κ2) is 6.44. The molecular formula is C13H23N3O2. The second-order valence-corrected chi connectivity index (χ2v) is 4.62. The first-order valence-corrected chi connectivity index (χ1v) is 6.38. The van der Waals surface area contributed by atoms with Gasteiger partial charge in [-0.2, -0.15) is 0 Å². The highest BCUT2D eigenvalue weighted by atomic mass is 16.3. The zero-order valence-corrected chi connectivity index (χ0v) is 11.4. The Kier molecular flexibility index (Phi) is 5.22. The van der Waals surface area contributed by atoms with Gasteiger partial charge in [0.2, 0.25) is 0 Å². The summed E-state index contributed by atoms with van der Waals surface area (Å²) in [5, 5.41) is 8.85. The molecule has 18 heavy (non-hydrogen) atoms. The summed E-state index contributed by atoms with van der Waals surface area (Å²) in [6.07, 6.45) is 2.38. The highest BCUT2D eigenvalue weighted by molar-refractivity contribution is 5.93. The number of nitrogens with two attached hydrogens (primary N) is 1. The van der Waals surface area contributed by atoms with Gasteiger partial charge in [-0.3, -0.25) is 4.79 Å². The van der Waals surface area contributed by atoms with E-state index in [2.05, 4.69) is 0 Å². The molecular weight excluding hydrogens is 230 g/mol. The van der Waals surface area contributed by atoms with E-state index in [1.54, 1.807) is 17.2 Å². The standard InChI is InChI=1S/C13H23N3O2/c1-4-15(6-5-7-17)13(18)12-8-11(14)9-16(12)10(2)3/h8-10,17H,4-7,14H2,1-3H3. The van der Waals surface area contributed by atoms with E-state index in [0.29, 0.717) is 30.9 Å². The maximum absolute atomic E-state index is 12.4. The lowest BCUT2D eigenvalue weighted by atomic mass is 10.3. The number of aromatic nitrogens is 1. The highest BCUT2D eigenvalue weighted by Gasteiger charge is 2.19. The lowest BCUT2D eigenvalue weighted by molar-refractivity contribution is 0.0742. The summed E-state index contributed by atoms with van der Waals surface area (Å²) in [6, 6.07) is 1.90. The molecule has 0 saturated carbocycles. The molecule has 0 radical (unpaired) electrons. The smallest absolute Gasteiger partial charge is 0.270 e. The summed E-state index contributed by atoms with van der Waals surface area (Å²) >= 11 is 0. The van der Waals surface area contributed by atoms with Crippen LogP contribution in [0.5, 0.6) is 0 Å². The number of nitrogen functional groups attached to an aromatic ring is 1. The monoisotopic (exact) mass is 253 g/mol. The Morgan fingerprint density at radius 3 is 2.72 bits per heavy atom. The van der Waals surface area contributed by atoms with Crippen LogP contribution in [0.1, 0.15) is 43.7 Å². The van der Waals surface area contributed by atoms with Gasteiger partial charge in [-0.15, -0.1) is 0 Å². The molecule has 0 aliphatic rings. The van der Waals surface area contributed by atoms with Crippen molar-refractivity contribution in [2.24, 2.45) is 0 Å². The molecule has 5 nitrogen and oxygen atoms in total. The molecule has 5 heteroatoms. The van der Waals surface area contributed by atoms with E-state index in [9.17, 15) is 4.79 Å². The van der Waals surface area contributed by atoms with E-state index in [-0.39, 0.29) is 18.6 Å². The first-order valence-electron chi connectivity index (χ1n) is 6.38. The molecule has 1 aromatic rings. The average Bonchev–Trinajstić information content (AvgIpc) is 2.72. The van der Waals surface area contributed by atoms with Crippen molar-refractivity contribution < 1.29 is 9.90 Å². The van der Waals surface area contributed by atoms with E-state index >= 15 is 0 Å². The summed E-state index contributed by atoms with van der Waals surface area (Å²) in [7, 11) is 0. The molecule has 1 amide bonds. The lowest BCUT2D eigenvalue weighted by Crippen LogP contribution is -2.33. The molecule has 0 spiro atoms. The molecule has 102 valence electrons. The van der Waals surface area contributed by atoms with Gasteiger partial charge in [-0.1, -0.05) is 0 Å². The van der Waals surface area contributed by atoms with Gasteiger partial charge in [0.1, 0.15) is 5.69 Å². The summed E-state index contributed by atoms with van der Waals surface area (Å²) in [6.45, 7) is 7.25. The molecule has 0 atom stereocenters. The Morgan fingerprint density at radius 2 is 2.22 bits per heavy atom. The van der Waals surface area contributed by atoms with Crippen molar-refractivity contribution in [1.29, 1.82) is 0 Å². The van der Waals surface area contributed by atoms with E-state index in [1.165, 1.54) is 0 Å². The van der Waals surface area contributed by atoms with E-state index < -0.39 is 0 Å². The van der Waals surface area contributed by atoms with Gasteiger partial charge in [0.15, 0.2) is 0 Å². The largest absolute Gasteiger partial charge is 0.397 e. The molecule has 0 fully saturated rings. The Hall–Kier alpha value is -1.49. The predicted molar refractivity (Wildman–Crippen MR) is 72.5 cm³/mol. The third-order valence-electron chi connectivity index (χ3n) is 2.90. The molecule has 0 aliphatic carbocycles. The van der Waals surface area contributed by atoms with Crippen molar-refractivity contribution in [2.45, 2.75) is 33.2 Å². The van der Waals surface area contributed by atoms with Crippen LogP contribution in [-0.2, 0) is 0 Å². The van der Waals surface area contributed by atoms with Crippen LogP contribution in [0.3, 0.4) is 0 Å². The highest BCUT2D eigenvalue weighted by Crippen LogP contribution is 2.18. The van der Waals surface area contributed by atoms with Crippen molar-refractivity contribution >= 4 is 11.6 Å². The van der Waals surface area contributed by atoms with Crippen molar-refractivity contribution in [3.05, 3.63) is 18.0 Å². The number of carbonyl (C=O) groups is 1. The molecule has 0 aromatic carbocycles. The molecule has 1 heterocycles. The van der Waals surface area contributed by atoms with Gasteiger partial charge in [-0.25, -0.2) is 0 Å². The number of hydrogen-bond acceptors (Lipinski definition) is 3. The molecule has 1 aromatic heterocycles. The minimum atomic E-state index is -0.0312. The first kappa shape index (κ1) is 14.6.